The summed E-state index contributed by atoms with van der Waals surface area (Å²) in [4.78, 5) is 2.42. The van der Waals surface area contributed by atoms with Gasteiger partial charge in [-0.15, -0.1) is 0 Å². The molecule has 0 aromatic carbocycles. The molecule has 0 spiro atoms. The fourth-order valence-corrected chi connectivity index (χ4v) is 2.12. The Labute approximate surface area is 93.8 Å². The van der Waals surface area contributed by atoms with Crippen molar-refractivity contribution < 1.29 is 0 Å². The average molecular weight is 208 g/mol. The number of hydrogen-bond donors (Lipinski definition) is 1. The molecule has 0 saturated carbocycles. The fourth-order valence-electron chi connectivity index (χ4n) is 2.12. The van der Waals surface area contributed by atoms with E-state index in [0.29, 0.717) is 0 Å². The minimum atomic E-state index is 0.0812. The highest BCUT2D eigenvalue weighted by atomic mass is 15.2. The molecule has 86 valence electrons. The summed E-state index contributed by atoms with van der Waals surface area (Å²) in [6.45, 7) is 7.83. The quantitative estimate of drug-likeness (QED) is 0.720. The van der Waals surface area contributed by atoms with Crippen LogP contribution < -0.4 is 5.73 Å². The van der Waals surface area contributed by atoms with E-state index in [1.807, 2.05) is 0 Å². The second kappa shape index (κ2) is 5.36. The summed E-state index contributed by atoms with van der Waals surface area (Å²) in [5, 5.41) is 0. The van der Waals surface area contributed by atoms with Gasteiger partial charge in [-0.25, -0.2) is 0 Å². The van der Waals surface area contributed by atoms with Crippen LogP contribution in [0.2, 0.25) is 0 Å². The van der Waals surface area contributed by atoms with Gasteiger partial charge in [-0.2, -0.15) is 0 Å². The van der Waals surface area contributed by atoms with Gasteiger partial charge in [-0.1, -0.05) is 32.4 Å². The first-order valence-corrected chi connectivity index (χ1v) is 5.99. The van der Waals surface area contributed by atoms with E-state index in [1.165, 1.54) is 19.3 Å². The Morgan fingerprint density at radius 2 is 2.13 bits per heavy atom. The molecule has 0 aromatic heterocycles. The number of nitrogens with zero attached hydrogens (tertiary/aromatic N) is 1. The van der Waals surface area contributed by atoms with Crippen LogP contribution in [-0.2, 0) is 0 Å². The number of hydrogen-bond acceptors (Lipinski definition) is 2. The summed E-state index contributed by atoms with van der Waals surface area (Å²) in [5.74, 6) is 0. The van der Waals surface area contributed by atoms with Gasteiger partial charge in [0, 0.05) is 18.1 Å². The van der Waals surface area contributed by atoms with Crippen LogP contribution in [0.3, 0.4) is 0 Å². The van der Waals surface area contributed by atoms with Crippen molar-refractivity contribution >= 4 is 0 Å². The van der Waals surface area contributed by atoms with Crippen LogP contribution in [0, 0.1) is 0 Å². The maximum atomic E-state index is 5.86. The molecule has 2 unspecified atom stereocenters. The van der Waals surface area contributed by atoms with Crippen molar-refractivity contribution in [3.63, 3.8) is 0 Å². The zero-order valence-corrected chi connectivity index (χ0v) is 10.2. The van der Waals surface area contributed by atoms with E-state index in [0.717, 1.165) is 6.54 Å². The third-order valence-corrected chi connectivity index (χ3v) is 3.39. The largest absolute Gasteiger partial charge is 0.369 e. The minimum Gasteiger partial charge on any atom is -0.369 e. The van der Waals surface area contributed by atoms with Gasteiger partial charge >= 0.3 is 0 Å². The van der Waals surface area contributed by atoms with Crippen LogP contribution in [0.4, 0.5) is 0 Å². The van der Waals surface area contributed by atoms with Gasteiger partial charge in [0.1, 0.15) is 0 Å². The number of nitrogens with two attached hydrogens (primary N) is 1. The minimum absolute atomic E-state index is 0.0812. The second-order valence-corrected chi connectivity index (χ2v) is 4.60. The van der Waals surface area contributed by atoms with Crippen LogP contribution in [0.25, 0.3) is 0 Å². The number of rotatable bonds is 4. The topological polar surface area (TPSA) is 29.3 Å². The van der Waals surface area contributed by atoms with Crippen LogP contribution >= 0.6 is 0 Å². The van der Waals surface area contributed by atoms with E-state index in [-0.39, 0.29) is 11.6 Å². The average Bonchev–Trinajstić information content (AvgIpc) is 2.43. The molecule has 1 rings (SSSR count). The van der Waals surface area contributed by atoms with Crippen molar-refractivity contribution in [1.29, 1.82) is 0 Å². The Morgan fingerprint density at radius 3 is 2.73 bits per heavy atom. The predicted molar refractivity (Wildman–Crippen MR) is 66.6 cm³/mol. The second-order valence-electron chi connectivity index (χ2n) is 4.60. The normalized spacial score (nSPS) is 25.1. The molecular weight excluding hydrogens is 184 g/mol. The monoisotopic (exact) mass is 208 g/mol. The molecule has 2 N–H and O–H groups in total. The Balaban J connectivity index is 2.76. The van der Waals surface area contributed by atoms with Crippen LogP contribution in [-0.4, -0.2) is 23.0 Å². The highest BCUT2D eigenvalue weighted by Crippen LogP contribution is 2.26. The fraction of sp³-hybridized carbons (Fsp3) is 0.692. The van der Waals surface area contributed by atoms with Gasteiger partial charge < -0.3 is 10.6 Å². The van der Waals surface area contributed by atoms with Gasteiger partial charge in [0.25, 0.3) is 0 Å². The van der Waals surface area contributed by atoms with Gasteiger partial charge in [-0.3, -0.25) is 0 Å². The lowest BCUT2D eigenvalue weighted by Crippen LogP contribution is -2.42. The lowest BCUT2D eigenvalue weighted by Gasteiger charge is -2.39. The summed E-state index contributed by atoms with van der Waals surface area (Å²) in [6, 6.07) is 0.0812. The molecule has 2 heteroatoms. The molecule has 1 aliphatic heterocycles. The first kappa shape index (κ1) is 12.3. The van der Waals surface area contributed by atoms with Crippen LogP contribution in [0.1, 0.15) is 40.0 Å². The molecule has 0 fully saturated rings. The maximum Gasteiger partial charge on any atom is 0.0428 e. The molecule has 0 amide bonds. The smallest absolute Gasteiger partial charge is 0.0428 e. The molecule has 15 heavy (non-hydrogen) atoms. The Hall–Kier alpha value is -0.760. The predicted octanol–water partition coefficient (Wildman–Crippen LogP) is 2.67. The lowest BCUT2D eigenvalue weighted by molar-refractivity contribution is 0.160. The van der Waals surface area contributed by atoms with E-state index in [2.05, 4.69) is 50.1 Å². The van der Waals surface area contributed by atoms with Crippen LogP contribution in [0.15, 0.2) is 24.4 Å². The van der Waals surface area contributed by atoms with Gasteiger partial charge in [-0.05, 0) is 32.0 Å². The zero-order chi connectivity index (χ0) is 11.3. The van der Waals surface area contributed by atoms with Gasteiger partial charge in [0.05, 0.1) is 0 Å². The van der Waals surface area contributed by atoms with Crippen molar-refractivity contribution in [2.24, 2.45) is 5.73 Å². The third-order valence-electron chi connectivity index (χ3n) is 3.39. The first-order valence-electron chi connectivity index (χ1n) is 5.99. The van der Waals surface area contributed by atoms with Crippen molar-refractivity contribution in [2.75, 3.05) is 6.54 Å². The molecule has 0 aromatic rings. The standard InChI is InChI=1S/C13H24N2/c1-4-9-13(3,5-2)15-10-6-7-12(14)8-11-15/h6-8,11-12H,4-5,9-10,14H2,1-3H3. The SMILES string of the molecule is CCCC(C)(CC)N1C=CC(N)C=CC1. The summed E-state index contributed by atoms with van der Waals surface area (Å²) in [5.41, 5.74) is 6.13. The Bertz CT molecular complexity index is 245. The Morgan fingerprint density at radius 1 is 1.40 bits per heavy atom. The van der Waals surface area contributed by atoms with Crippen molar-refractivity contribution in [1.82, 2.24) is 4.90 Å². The summed E-state index contributed by atoms with van der Waals surface area (Å²) >= 11 is 0. The molecular formula is C13H24N2. The van der Waals surface area contributed by atoms with Crippen molar-refractivity contribution in [3.8, 4) is 0 Å². The van der Waals surface area contributed by atoms with E-state index in [1.54, 1.807) is 0 Å². The van der Waals surface area contributed by atoms with Gasteiger partial charge in [0.15, 0.2) is 0 Å². The molecule has 0 aliphatic carbocycles. The molecule has 2 atom stereocenters. The molecule has 1 aliphatic rings. The molecule has 0 saturated heterocycles. The summed E-state index contributed by atoms with van der Waals surface area (Å²) < 4.78 is 0. The molecule has 2 nitrogen and oxygen atoms in total. The highest BCUT2D eigenvalue weighted by Gasteiger charge is 2.26. The van der Waals surface area contributed by atoms with Gasteiger partial charge in [0.2, 0.25) is 0 Å². The van der Waals surface area contributed by atoms with E-state index >= 15 is 0 Å². The van der Waals surface area contributed by atoms with Crippen LogP contribution in [0.5, 0.6) is 0 Å². The summed E-state index contributed by atoms with van der Waals surface area (Å²) in [7, 11) is 0. The van der Waals surface area contributed by atoms with E-state index in [4.69, 9.17) is 5.73 Å². The van der Waals surface area contributed by atoms with E-state index < -0.39 is 0 Å². The van der Waals surface area contributed by atoms with E-state index in [9.17, 15) is 0 Å². The van der Waals surface area contributed by atoms with Crippen molar-refractivity contribution in [2.45, 2.75) is 51.6 Å². The molecule has 0 radical (unpaired) electrons. The highest BCUT2D eigenvalue weighted by molar-refractivity contribution is 5.11. The third kappa shape index (κ3) is 3.10. The zero-order valence-electron chi connectivity index (χ0n) is 10.2. The molecule has 0 bridgehead atoms. The first-order chi connectivity index (χ1) is 7.12. The molecule has 1 heterocycles. The van der Waals surface area contributed by atoms with Crippen molar-refractivity contribution in [3.05, 3.63) is 24.4 Å². The maximum absolute atomic E-state index is 5.86. The summed E-state index contributed by atoms with van der Waals surface area (Å²) in [6.07, 6.45) is 12.1. The Kier molecular flexibility index (Phi) is 4.40. The lowest BCUT2D eigenvalue weighted by atomic mass is 9.91.